The molecule has 3 aromatic carbocycles. The number of aromatic nitrogens is 2. The SMILES string of the molecule is CC(C)(C)c1cc(-c2ccc3c(ccc4ccccc43)n2)c2oc3ncccc3c2c1. The molecule has 0 saturated carbocycles. The Bertz CT molecular complexity index is 1620. The van der Waals surface area contributed by atoms with Crippen LogP contribution in [-0.4, -0.2) is 9.97 Å². The molecule has 3 heteroatoms. The molecule has 0 N–H and O–H groups in total. The van der Waals surface area contributed by atoms with Crippen molar-refractivity contribution in [1.82, 2.24) is 9.97 Å². The van der Waals surface area contributed by atoms with Gasteiger partial charge in [-0.1, -0.05) is 57.2 Å². The van der Waals surface area contributed by atoms with E-state index < -0.39 is 0 Å². The summed E-state index contributed by atoms with van der Waals surface area (Å²) < 4.78 is 6.24. The zero-order valence-corrected chi connectivity index (χ0v) is 17.8. The van der Waals surface area contributed by atoms with Crippen molar-refractivity contribution in [3.8, 4) is 11.3 Å². The Morgan fingerprint density at radius 1 is 0.742 bits per heavy atom. The lowest BCUT2D eigenvalue weighted by atomic mass is 9.84. The zero-order chi connectivity index (χ0) is 21.2. The third kappa shape index (κ3) is 2.81. The van der Waals surface area contributed by atoms with Gasteiger partial charge in [0.25, 0.3) is 0 Å². The van der Waals surface area contributed by atoms with Gasteiger partial charge >= 0.3 is 0 Å². The van der Waals surface area contributed by atoms with Gasteiger partial charge in [-0.25, -0.2) is 9.97 Å². The van der Waals surface area contributed by atoms with Gasteiger partial charge in [-0.3, -0.25) is 0 Å². The Morgan fingerprint density at radius 3 is 2.45 bits per heavy atom. The topological polar surface area (TPSA) is 38.9 Å². The molecule has 0 radical (unpaired) electrons. The van der Waals surface area contributed by atoms with E-state index in [0.717, 1.165) is 38.5 Å². The highest BCUT2D eigenvalue weighted by molar-refractivity contribution is 6.10. The number of pyridine rings is 2. The summed E-state index contributed by atoms with van der Waals surface area (Å²) in [5, 5.41) is 5.74. The van der Waals surface area contributed by atoms with Crippen molar-refractivity contribution in [1.29, 1.82) is 0 Å². The van der Waals surface area contributed by atoms with E-state index in [1.54, 1.807) is 6.20 Å². The van der Waals surface area contributed by atoms with Crippen LogP contribution in [0.3, 0.4) is 0 Å². The van der Waals surface area contributed by atoms with Crippen molar-refractivity contribution in [2.75, 3.05) is 0 Å². The molecular formula is C28H22N2O. The number of hydrogen-bond acceptors (Lipinski definition) is 3. The first-order chi connectivity index (χ1) is 15.0. The van der Waals surface area contributed by atoms with E-state index in [2.05, 4.69) is 92.5 Å². The molecule has 0 aliphatic heterocycles. The summed E-state index contributed by atoms with van der Waals surface area (Å²) in [6.07, 6.45) is 1.77. The predicted octanol–water partition coefficient (Wildman–Crippen LogP) is 7.65. The molecule has 0 amide bonds. The highest BCUT2D eigenvalue weighted by atomic mass is 16.3. The maximum Gasteiger partial charge on any atom is 0.227 e. The highest BCUT2D eigenvalue weighted by Gasteiger charge is 2.21. The van der Waals surface area contributed by atoms with E-state index >= 15 is 0 Å². The predicted molar refractivity (Wildman–Crippen MR) is 128 cm³/mol. The van der Waals surface area contributed by atoms with Crippen LogP contribution in [0.1, 0.15) is 26.3 Å². The minimum Gasteiger partial charge on any atom is -0.437 e. The fourth-order valence-electron chi connectivity index (χ4n) is 4.37. The van der Waals surface area contributed by atoms with Gasteiger partial charge in [-0.2, -0.15) is 0 Å². The molecule has 0 aliphatic rings. The van der Waals surface area contributed by atoms with Gasteiger partial charge in [0, 0.05) is 27.9 Å². The van der Waals surface area contributed by atoms with Gasteiger partial charge in [0.2, 0.25) is 5.71 Å². The van der Waals surface area contributed by atoms with Crippen molar-refractivity contribution in [2.24, 2.45) is 0 Å². The van der Waals surface area contributed by atoms with Crippen molar-refractivity contribution in [3.63, 3.8) is 0 Å². The van der Waals surface area contributed by atoms with E-state index in [1.807, 2.05) is 6.07 Å². The van der Waals surface area contributed by atoms with Crippen molar-refractivity contribution < 1.29 is 4.42 Å². The Labute approximate surface area is 180 Å². The van der Waals surface area contributed by atoms with Crippen LogP contribution in [0.4, 0.5) is 0 Å². The monoisotopic (exact) mass is 402 g/mol. The number of benzene rings is 3. The number of furan rings is 1. The van der Waals surface area contributed by atoms with Gasteiger partial charge in [0.05, 0.1) is 11.2 Å². The average Bonchev–Trinajstić information content (AvgIpc) is 3.16. The number of hydrogen-bond donors (Lipinski definition) is 0. The molecule has 0 spiro atoms. The lowest BCUT2D eigenvalue weighted by Crippen LogP contribution is -2.11. The van der Waals surface area contributed by atoms with Crippen LogP contribution < -0.4 is 0 Å². The van der Waals surface area contributed by atoms with Crippen LogP contribution in [0, 0.1) is 0 Å². The quantitative estimate of drug-likeness (QED) is 0.265. The first kappa shape index (κ1) is 18.1. The summed E-state index contributed by atoms with van der Waals surface area (Å²) in [5.41, 5.74) is 5.67. The first-order valence-electron chi connectivity index (χ1n) is 10.6. The molecule has 6 aromatic rings. The molecule has 6 rings (SSSR count). The summed E-state index contributed by atoms with van der Waals surface area (Å²) in [4.78, 5) is 9.50. The van der Waals surface area contributed by atoms with Gasteiger partial charge in [-0.15, -0.1) is 0 Å². The van der Waals surface area contributed by atoms with Crippen LogP contribution in [-0.2, 0) is 5.41 Å². The Kier molecular flexibility index (Phi) is 3.73. The second-order valence-electron chi connectivity index (χ2n) is 9.16. The fraction of sp³-hybridized carbons (Fsp3) is 0.143. The molecule has 3 aromatic heterocycles. The molecule has 31 heavy (non-hydrogen) atoms. The molecule has 0 fully saturated rings. The van der Waals surface area contributed by atoms with Crippen molar-refractivity contribution in [2.45, 2.75) is 26.2 Å². The molecule has 0 atom stereocenters. The second-order valence-corrected chi connectivity index (χ2v) is 9.16. The lowest BCUT2D eigenvalue weighted by Gasteiger charge is -2.20. The molecular weight excluding hydrogens is 380 g/mol. The fourth-order valence-corrected chi connectivity index (χ4v) is 4.37. The molecule has 0 saturated heterocycles. The lowest BCUT2D eigenvalue weighted by molar-refractivity contribution is 0.590. The molecule has 0 unspecified atom stereocenters. The van der Waals surface area contributed by atoms with Gasteiger partial charge in [0.1, 0.15) is 5.58 Å². The van der Waals surface area contributed by atoms with Gasteiger partial charge in [-0.05, 0) is 58.1 Å². The third-order valence-electron chi connectivity index (χ3n) is 6.09. The minimum absolute atomic E-state index is 0.00178. The molecule has 3 heterocycles. The number of nitrogens with zero attached hydrogens (tertiary/aromatic N) is 2. The third-order valence-corrected chi connectivity index (χ3v) is 6.09. The minimum atomic E-state index is 0.00178. The number of fused-ring (bicyclic) bond motifs is 6. The van der Waals surface area contributed by atoms with E-state index in [-0.39, 0.29) is 5.41 Å². The first-order valence-corrected chi connectivity index (χ1v) is 10.6. The van der Waals surface area contributed by atoms with Crippen LogP contribution >= 0.6 is 0 Å². The molecule has 150 valence electrons. The van der Waals surface area contributed by atoms with Crippen LogP contribution in [0.15, 0.2) is 83.4 Å². The van der Waals surface area contributed by atoms with Gasteiger partial charge < -0.3 is 4.42 Å². The van der Waals surface area contributed by atoms with Crippen molar-refractivity contribution >= 4 is 43.7 Å². The van der Waals surface area contributed by atoms with E-state index in [9.17, 15) is 0 Å². The zero-order valence-electron chi connectivity index (χ0n) is 17.8. The van der Waals surface area contributed by atoms with Gasteiger partial charge in [0.15, 0.2) is 0 Å². The average molecular weight is 402 g/mol. The maximum atomic E-state index is 6.24. The Morgan fingerprint density at radius 2 is 1.58 bits per heavy atom. The molecule has 0 bridgehead atoms. The normalized spacial score (nSPS) is 12.4. The van der Waals surface area contributed by atoms with Crippen LogP contribution in [0.5, 0.6) is 0 Å². The molecule has 0 aliphatic carbocycles. The van der Waals surface area contributed by atoms with E-state index in [1.165, 1.54) is 16.3 Å². The molecule has 3 nitrogen and oxygen atoms in total. The Balaban J connectivity index is 1.68. The standard InChI is InChI=1S/C28H22N2O/c1-28(2,3)18-15-22-21-9-6-14-29-27(21)31-26(22)23(16-18)25-13-11-20-19-8-5-4-7-17(19)10-12-24(20)30-25/h4-16H,1-3H3. The Hall–Kier alpha value is -3.72. The maximum absolute atomic E-state index is 6.24. The highest BCUT2D eigenvalue weighted by Crippen LogP contribution is 2.39. The van der Waals surface area contributed by atoms with E-state index in [0.29, 0.717) is 5.71 Å². The summed E-state index contributed by atoms with van der Waals surface area (Å²) in [5.74, 6) is 0. The summed E-state index contributed by atoms with van der Waals surface area (Å²) >= 11 is 0. The summed E-state index contributed by atoms with van der Waals surface area (Å²) in [6.45, 7) is 6.70. The second kappa shape index (κ2) is 6.39. The summed E-state index contributed by atoms with van der Waals surface area (Å²) in [6, 6.07) is 25.5. The summed E-state index contributed by atoms with van der Waals surface area (Å²) in [7, 11) is 0. The van der Waals surface area contributed by atoms with Crippen molar-refractivity contribution in [3.05, 3.63) is 84.6 Å². The van der Waals surface area contributed by atoms with E-state index in [4.69, 9.17) is 9.40 Å². The smallest absolute Gasteiger partial charge is 0.227 e. The largest absolute Gasteiger partial charge is 0.437 e. The van der Waals surface area contributed by atoms with Crippen LogP contribution in [0.25, 0.3) is 55.0 Å². The number of rotatable bonds is 1. The van der Waals surface area contributed by atoms with Crippen LogP contribution in [0.2, 0.25) is 0 Å².